The van der Waals surface area contributed by atoms with E-state index in [2.05, 4.69) is 26.8 Å². The van der Waals surface area contributed by atoms with Crippen molar-refractivity contribution in [2.24, 2.45) is 5.92 Å². The Morgan fingerprint density at radius 3 is 2.69 bits per heavy atom. The topological polar surface area (TPSA) is 66.7 Å². The Bertz CT molecular complexity index is 1070. The van der Waals surface area contributed by atoms with Gasteiger partial charge in [0.1, 0.15) is 11.2 Å². The highest BCUT2D eigenvalue weighted by Gasteiger charge is 2.34. The van der Waals surface area contributed by atoms with Gasteiger partial charge < -0.3 is 14.6 Å². The van der Waals surface area contributed by atoms with E-state index < -0.39 is 5.54 Å². The van der Waals surface area contributed by atoms with Gasteiger partial charge in [-0.2, -0.15) is 0 Å². The lowest BCUT2D eigenvalue weighted by molar-refractivity contribution is -0.140. The van der Waals surface area contributed by atoms with Gasteiger partial charge in [-0.1, -0.05) is 36.4 Å². The van der Waals surface area contributed by atoms with Crippen LogP contribution in [0.3, 0.4) is 0 Å². The molecule has 1 aliphatic rings. The molecule has 1 saturated heterocycles. The summed E-state index contributed by atoms with van der Waals surface area (Å²) in [5.41, 5.74) is 2.30. The van der Waals surface area contributed by atoms with Gasteiger partial charge in [0.25, 0.3) is 0 Å². The molecule has 1 fully saturated rings. The lowest BCUT2D eigenvalue weighted by Gasteiger charge is -2.32. The lowest BCUT2D eigenvalue weighted by Crippen LogP contribution is -2.56. The number of hydrogen-bond acceptors (Lipinski definition) is 3. The second-order valence-electron chi connectivity index (χ2n) is 9.32. The number of benzene rings is 1. The molecule has 6 heteroatoms. The van der Waals surface area contributed by atoms with Crippen LogP contribution in [0.1, 0.15) is 44.2 Å². The first-order valence-electron chi connectivity index (χ1n) is 11.5. The summed E-state index contributed by atoms with van der Waals surface area (Å²) in [6, 6.07) is 13.8. The van der Waals surface area contributed by atoms with Crippen molar-refractivity contribution in [3.63, 3.8) is 0 Å². The number of likely N-dealkylation sites (tertiary alicyclic amines) is 1. The van der Waals surface area contributed by atoms with Crippen LogP contribution in [-0.4, -0.2) is 44.7 Å². The molecular formula is C26H32N4O2. The number of imidazole rings is 1. The van der Waals surface area contributed by atoms with Gasteiger partial charge in [-0.25, -0.2) is 4.98 Å². The Kier molecular flexibility index (Phi) is 6.58. The first-order valence-corrected chi connectivity index (χ1v) is 11.5. The lowest BCUT2D eigenvalue weighted by atomic mass is 9.93. The van der Waals surface area contributed by atoms with E-state index in [-0.39, 0.29) is 18.2 Å². The smallest absolute Gasteiger partial charge is 0.247 e. The van der Waals surface area contributed by atoms with E-state index >= 15 is 0 Å². The molecule has 1 atom stereocenters. The van der Waals surface area contributed by atoms with Crippen molar-refractivity contribution in [3.8, 4) is 0 Å². The molecule has 0 radical (unpaired) electrons. The molecule has 2 amide bonds. The Morgan fingerprint density at radius 1 is 1.06 bits per heavy atom. The Balaban J connectivity index is 1.34. The van der Waals surface area contributed by atoms with Crippen molar-refractivity contribution in [1.82, 2.24) is 19.6 Å². The number of nitrogens with one attached hydrogen (secondary N) is 1. The summed E-state index contributed by atoms with van der Waals surface area (Å²) < 4.78 is 2.06. The second kappa shape index (κ2) is 9.55. The summed E-state index contributed by atoms with van der Waals surface area (Å²) in [5, 5.41) is 2.95. The van der Waals surface area contributed by atoms with Gasteiger partial charge in [-0.15, -0.1) is 0 Å². The average molecular weight is 433 g/mol. The zero-order valence-electron chi connectivity index (χ0n) is 19.0. The van der Waals surface area contributed by atoms with Crippen LogP contribution < -0.4 is 5.32 Å². The van der Waals surface area contributed by atoms with E-state index in [9.17, 15) is 9.59 Å². The van der Waals surface area contributed by atoms with Crippen LogP contribution in [0.25, 0.3) is 5.65 Å². The number of rotatable bonds is 6. The van der Waals surface area contributed by atoms with Gasteiger partial charge in [0.2, 0.25) is 11.8 Å². The molecule has 2 aromatic heterocycles. The quantitative estimate of drug-likeness (QED) is 0.647. The maximum Gasteiger partial charge on any atom is 0.247 e. The van der Waals surface area contributed by atoms with Crippen molar-refractivity contribution in [2.75, 3.05) is 13.1 Å². The molecule has 32 heavy (non-hydrogen) atoms. The predicted octanol–water partition coefficient (Wildman–Crippen LogP) is 3.64. The molecule has 6 nitrogen and oxygen atoms in total. The molecular weight excluding hydrogens is 400 g/mol. The van der Waals surface area contributed by atoms with Gasteiger partial charge in [0.05, 0.1) is 6.42 Å². The molecule has 3 heterocycles. The minimum Gasteiger partial charge on any atom is -0.342 e. The zero-order valence-corrected chi connectivity index (χ0v) is 19.0. The minimum absolute atomic E-state index is 0.00470. The second-order valence-corrected chi connectivity index (χ2v) is 9.32. The maximum atomic E-state index is 13.3. The molecule has 0 saturated carbocycles. The molecule has 1 aliphatic heterocycles. The van der Waals surface area contributed by atoms with Crippen molar-refractivity contribution in [3.05, 3.63) is 72.2 Å². The van der Waals surface area contributed by atoms with Crippen LogP contribution >= 0.6 is 0 Å². The van der Waals surface area contributed by atoms with E-state index in [4.69, 9.17) is 0 Å². The number of nitrogens with zero attached hydrogens (tertiary/aromatic N) is 3. The minimum atomic E-state index is -0.923. The summed E-state index contributed by atoms with van der Waals surface area (Å²) in [5.74, 6) is 0.386. The Labute approximate surface area is 189 Å². The molecule has 0 bridgehead atoms. The standard InChI is InChI=1S/C26H32N4O2/c1-26(2,28-23(31)19-20-8-4-3-5-9-20)25(32)30-15-6-10-21(12-16-30)18-22-11-7-14-29-17-13-27-24(22)29/h3-5,7-9,11,13-14,17,21H,6,10,12,15-16,18-19H2,1-2H3,(H,28,31). The third-order valence-electron chi connectivity index (χ3n) is 6.34. The van der Waals surface area contributed by atoms with E-state index in [1.807, 2.05) is 53.8 Å². The van der Waals surface area contributed by atoms with Crippen molar-refractivity contribution in [2.45, 2.75) is 51.5 Å². The third-order valence-corrected chi connectivity index (χ3v) is 6.34. The highest BCUT2D eigenvalue weighted by molar-refractivity contribution is 5.91. The fourth-order valence-corrected chi connectivity index (χ4v) is 4.67. The number of carbonyl (C=O) groups is 2. The monoisotopic (exact) mass is 432 g/mol. The normalized spacial score (nSPS) is 17.2. The van der Waals surface area contributed by atoms with Gasteiger partial charge >= 0.3 is 0 Å². The maximum absolute atomic E-state index is 13.3. The van der Waals surface area contributed by atoms with Crippen LogP contribution in [0.4, 0.5) is 0 Å². The third kappa shape index (κ3) is 5.18. The fraction of sp³-hybridized carbons (Fsp3) is 0.423. The molecule has 4 rings (SSSR count). The number of carbonyl (C=O) groups excluding carboxylic acids is 2. The number of hydrogen-bond donors (Lipinski definition) is 1. The molecule has 1 unspecified atom stereocenters. The van der Waals surface area contributed by atoms with Gasteiger partial charge in [0, 0.05) is 31.7 Å². The van der Waals surface area contributed by atoms with Gasteiger partial charge in [0.15, 0.2) is 0 Å². The zero-order chi connectivity index (χ0) is 22.6. The molecule has 0 aliphatic carbocycles. The molecule has 1 aromatic carbocycles. The number of aromatic nitrogens is 2. The average Bonchev–Trinajstić information content (AvgIpc) is 3.14. The first-order chi connectivity index (χ1) is 15.4. The SMILES string of the molecule is CC(C)(NC(=O)Cc1ccccc1)C(=O)N1CCCC(Cc2cccn3ccnc23)CC1. The van der Waals surface area contributed by atoms with Crippen LogP contribution in [-0.2, 0) is 22.4 Å². The Hall–Kier alpha value is -3.15. The number of pyridine rings is 1. The van der Waals surface area contributed by atoms with Gasteiger partial charge in [-0.3, -0.25) is 9.59 Å². The van der Waals surface area contributed by atoms with E-state index in [1.54, 1.807) is 13.8 Å². The van der Waals surface area contributed by atoms with E-state index in [0.717, 1.165) is 50.0 Å². The number of fused-ring (bicyclic) bond motifs is 1. The summed E-state index contributed by atoms with van der Waals surface area (Å²) in [6.07, 6.45) is 10.1. The van der Waals surface area contributed by atoms with Gasteiger partial charge in [-0.05, 0) is 62.6 Å². The van der Waals surface area contributed by atoms with Crippen LogP contribution in [0.2, 0.25) is 0 Å². The highest BCUT2D eigenvalue weighted by Crippen LogP contribution is 2.25. The molecule has 168 valence electrons. The van der Waals surface area contributed by atoms with Crippen molar-refractivity contribution < 1.29 is 9.59 Å². The number of amides is 2. The Morgan fingerprint density at radius 2 is 1.88 bits per heavy atom. The van der Waals surface area contributed by atoms with Crippen LogP contribution in [0, 0.1) is 5.92 Å². The fourth-order valence-electron chi connectivity index (χ4n) is 4.67. The summed E-state index contributed by atoms with van der Waals surface area (Å²) >= 11 is 0. The predicted molar refractivity (Wildman–Crippen MR) is 125 cm³/mol. The highest BCUT2D eigenvalue weighted by atomic mass is 16.2. The molecule has 0 spiro atoms. The molecule has 1 N–H and O–H groups in total. The first kappa shape index (κ1) is 22.1. The van der Waals surface area contributed by atoms with E-state index in [1.165, 1.54) is 5.56 Å². The van der Waals surface area contributed by atoms with E-state index in [0.29, 0.717) is 5.92 Å². The van der Waals surface area contributed by atoms with Crippen molar-refractivity contribution in [1.29, 1.82) is 0 Å². The summed E-state index contributed by atoms with van der Waals surface area (Å²) in [7, 11) is 0. The van der Waals surface area contributed by atoms with Crippen LogP contribution in [0.5, 0.6) is 0 Å². The summed E-state index contributed by atoms with van der Waals surface area (Å²) in [6.45, 7) is 5.07. The van der Waals surface area contributed by atoms with Crippen molar-refractivity contribution >= 4 is 17.5 Å². The largest absolute Gasteiger partial charge is 0.342 e. The molecule has 3 aromatic rings. The van der Waals surface area contributed by atoms with Crippen LogP contribution in [0.15, 0.2) is 61.1 Å². The summed E-state index contributed by atoms with van der Waals surface area (Å²) in [4.78, 5) is 32.2.